The smallest absolute Gasteiger partial charge is 0.322 e. The Morgan fingerprint density at radius 2 is 2.17 bits per heavy atom. The molecule has 3 N–H and O–H groups in total. The maximum Gasteiger partial charge on any atom is 0.322 e. The van der Waals surface area contributed by atoms with Crippen LogP contribution in [0.3, 0.4) is 0 Å². The molecule has 1 saturated carbocycles. The SMILES string of the molecule is Cc1cc(C)n(CC2(CNC(=O)[C@H]3CCC(=O)NC(=O)N3)CC2)n1. The second-order valence-corrected chi connectivity index (χ2v) is 6.92. The second-order valence-electron chi connectivity index (χ2n) is 6.92. The van der Waals surface area contributed by atoms with E-state index in [4.69, 9.17) is 0 Å². The summed E-state index contributed by atoms with van der Waals surface area (Å²) in [5.41, 5.74) is 2.15. The van der Waals surface area contributed by atoms with Crippen LogP contribution in [0.1, 0.15) is 37.1 Å². The summed E-state index contributed by atoms with van der Waals surface area (Å²) in [5, 5.41) is 12.1. The molecular formula is C16H23N5O3. The van der Waals surface area contributed by atoms with E-state index in [9.17, 15) is 14.4 Å². The Kier molecular flexibility index (Phi) is 4.29. The normalized spacial score (nSPS) is 22.3. The highest BCUT2D eigenvalue weighted by Gasteiger charge is 2.44. The molecule has 1 aliphatic carbocycles. The third-order valence-corrected chi connectivity index (χ3v) is 4.72. The Balaban J connectivity index is 1.55. The molecule has 1 aromatic heterocycles. The highest BCUT2D eigenvalue weighted by atomic mass is 16.2. The summed E-state index contributed by atoms with van der Waals surface area (Å²) in [5.74, 6) is -0.592. The lowest BCUT2D eigenvalue weighted by Gasteiger charge is -2.20. The van der Waals surface area contributed by atoms with Gasteiger partial charge in [0.1, 0.15) is 6.04 Å². The van der Waals surface area contributed by atoms with E-state index in [-0.39, 0.29) is 23.7 Å². The van der Waals surface area contributed by atoms with Crippen molar-refractivity contribution < 1.29 is 14.4 Å². The fourth-order valence-corrected chi connectivity index (χ4v) is 3.05. The number of imide groups is 1. The molecule has 0 radical (unpaired) electrons. The van der Waals surface area contributed by atoms with Gasteiger partial charge in [0.15, 0.2) is 0 Å². The molecule has 130 valence electrons. The zero-order valence-corrected chi connectivity index (χ0v) is 14.0. The van der Waals surface area contributed by atoms with E-state index in [1.807, 2.05) is 24.6 Å². The molecule has 2 fully saturated rings. The fraction of sp³-hybridized carbons (Fsp3) is 0.625. The van der Waals surface area contributed by atoms with Crippen LogP contribution in [0.25, 0.3) is 0 Å². The largest absolute Gasteiger partial charge is 0.354 e. The van der Waals surface area contributed by atoms with E-state index in [0.717, 1.165) is 30.8 Å². The lowest BCUT2D eigenvalue weighted by molar-refractivity contribution is -0.123. The Morgan fingerprint density at radius 1 is 1.42 bits per heavy atom. The number of rotatable bonds is 5. The van der Waals surface area contributed by atoms with E-state index < -0.39 is 12.1 Å². The number of hydrogen-bond acceptors (Lipinski definition) is 4. The van der Waals surface area contributed by atoms with Gasteiger partial charge in [0.05, 0.1) is 5.69 Å². The molecule has 1 saturated heterocycles. The van der Waals surface area contributed by atoms with Crippen LogP contribution in [0, 0.1) is 19.3 Å². The molecular weight excluding hydrogens is 310 g/mol. The lowest BCUT2D eigenvalue weighted by Crippen LogP contribution is -2.49. The molecule has 0 unspecified atom stereocenters. The van der Waals surface area contributed by atoms with Crippen LogP contribution in [0.5, 0.6) is 0 Å². The van der Waals surface area contributed by atoms with Crippen molar-refractivity contribution in [1.82, 2.24) is 25.7 Å². The van der Waals surface area contributed by atoms with Gasteiger partial charge in [-0.2, -0.15) is 5.10 Å². The Bertz CT molecular complexity index is 677. The minimum atomic E-state index is -0.666. The van der Waals surface area contributed by atoms with E-state index >= 15 is 0 Å². The van der Waals surface area contributed by atoms with Crippen molar-refractivity contribution in [2.75, 3.05) is 6.54 Å². The maximum absolute atomic E-state index is 12.3. The van der Waals surface area contributed by atoms with Gasteiger partial charge in [-0.25, -0.2) is 4.79 Å². The van der Waals surface area contributed by atoms with Crippen LogP contribution in [0.15, 0.2) is 6.07 Å². The van der Waals surface area contributed by atoms with Crippen molar-refractivity contribution in [3.05, 3.63) is 17.5 Å². The van der Waals surface area contributed by atoms with Crippen molar-refractivity contribution in [2.24, 2.45) is 5.41 Å². The maximum atomic E-state index is 12.3. The average molecular weight is 333 g/mol. The standard InChI is InChI=1S/C16H23N5O3/c1-10-7-11(2)21(20-10)9-16(5-6-16)8-17-14(23)12-3-4-13(22)19-15(24)18-12/h7,12H,3-6,8-9H2,1-2H3,(H,17,23)(H2,18,19,22,24)/t12-/m1/s1. The van der Waals surface area contributed by atoms with Gasteiger partial charge in [-0.1, -0.05) is 0 Å². The van der Waals surface area contributed by atoms with Gasteiger partial charge in [0.25, 0.3) is 0 Å². The molecule has 2 heterocycles. The summed E-state index contributed by atoms with van der Waals surface area (Å²) >= 11 is 0. The third-order valence-electron chi connectivity index (χ3n) is 4.72. The minimum absolute atomic E-state index is 0.0433. The second kappa shape index (κ2) is 6.26. The number of aryl methyl sites for hydroxylation is 2. The summed E-state index contributed by atoms with van der Waals surface area (Å²) in [6.45, 7) is 5.33. The topological polar surface area (TPSA) is 105 Å². The van der Waals surface area contributed by atoms with Gasteiger partial charge < -0.3 is 10.6 Å². The Hall–Kier alpha value is -2.38. The van der Waals surface area contributed by atoms with Gasteiger partial charge in [-0.15, -0.1) is 0 Å². The molecule has 2 aliphatic rings. The summed E-state index contributed by atoms with van der Waals surface area (Å²) in [6, 6.07) is 0.766. The number of carbonyl (C=O) groups is 3. The number of amides is 4. The zero-order chi connectivity index (χ0) is 17.3. The molecule has 0 aromatic carbocycles. The van der Waals surface area contributed by atoms with Crippen molar-refractivity contribution >= 4 is 17.8 Å². The van der Waals surface area contributed by atoms with Gasteiger partial charge in [-0.05, 0) is 39.2 Å². The fourth-order valence-electron chi connectivity index (χ4n) is 3.05. The zero-order valence-electron chi connectivity index (χ0n) is 14.0. The first-order chi connectivity index (χ1) is 11.4. The molecule has 8 heteroatoms. The van der Waals surface area contributed by atoms with Crippen molar-refractivity contribution in [2.45, 2.75) is 52.1 Å². The molecule has 8 nitrogen and oxygen atoms in total. The molecule has 1 aromatic rings. The van der Waals surface area contributed by atoms with Crippen LogP contribution in [0.2, 0.25) is 0 Å². The third kappa shape index (κ3) is 3.74. The molecule has 24 heavy (non-hydrogen) atoms. The van der Waals surface area contributed by atoms with Crippen LogP contribution in [-0.2, 0) is 16.1 Å². The Morgan fingerprint density at radius 3 is 2.79 bits per heavy atom. The number of hydrogen-bond donors (Lipinski definition) is 3. The van der Waals surface area contributed by atoms with Gasteiger partial charge in [-0.3, -0.25) is 19.6 Å². The Labute approximate surface area is 140 Å². The molecule has 1 atom stereocenters. The number of nitrogens with zero attached hydrogens (tertiary/aromatic N) is 2. The summed E-state index contributed by atoms with van der Waals surface area (Å²) in [6.07, 6.45) is 2.56. The lowest BCUT2D eigenvalue weighted by atomic mass is 10.1. The van der Waals surface area contributed by atoms with Crippen LogP contribution < -0.4 is 16.0 Å². The van der Waals surface area contributed by atoms with E-state index in [0.29, 0.717) is 13.0 Å². The van der Waals surface area contributed by atoms with E-state index in [2.05, 4.69) is 21.0 Å². The molecule has 0 spiro atoms. The summed E-state index contributed by atoms with van der Waals surface area (Å²) < 4.78 is 1.99. The van der Waals surface area contributed by atoms with Crippen molar-refractivity contribution in [1.29, 1.82) is 0 Å². The minimum Gasteiger partial charge on any atom is -0.354 e. The van der Waals surface area contributed by atoms with Crippen molar-refractivity contribution in [3.8, 4) is 0 Å². The predicted molar refractivity (Wildman–Crippen MR) is 86.1 cm³/mol. The first-order valence-corrected chi connectivity index (χ1v) is 8.26. The summed E-state index contributed by atoms with van der Waals surface area (Å²) in [4.78, 5) is 35.1. The van der Waals surface area contributed by atoms with Crippen molar-refractivity contribution in [3.63, 3.8) is 0 Å². The first kappa shape index (κ1) is 16.5. The quantitative estimate of drug-likeness (QED) is 0.724. The van der Waals surface area contributed by atoms with Gasteiger partial charge >= 0.3 is 6.03 Å². The number of nitrogens with one attached hydrogen (secondary N) is 3. The monoisotopic (exact) mass is 333 g/mol. The number of urea groups is 1. The highest BCUT2D eigenvalue weighted by molar-refractivity contribution is 5.98. The highest BCUT2D eigenvalue weighted by Crippen LogP contribution is 2.46. The van der Waals surface area contributed by atoms with Gasteiger partial charge in [0.2, 0.25) is 11.8 Å². The predicted octanol–water partition coefficient (Wildman–Crippen LogP) is 0.385. The average Bonchev–Trinajstić information content (AvgIpc) is 3.23. The first-order valence-electron chi connectivity index (χ1n) is 8.26. The molecule has 3 rings (SSSR count). The molecule has 1 aliphatic heterocycles. The van der Waals surface area contributed by atoms with E-state index in [1.165, 1.54) is 0 Å². The van der Waals surface area contributed by atoms with E-state index in [1.54, 1.807) is 0 Å². The summed E-state index contributed by atoms with van der Waals surface area (Å²) in [7, 11) is 0. The molecule has 4 amide bonds. The molecule has 0 bridgehead atoms. The number of carbonyl (C=O) groups excluding carboxylic acids is 3. The van der Waals surface area contributed by atoms with Crippen LogP contribution in [0.4, 0.5) is 4.79 Å². The van der Waals surface area contributed by atoms with Crippen LogP contribution in [-0.4, -0.2) is 40.2 Å². The van der Waals surface area contributed by atoms with Gasteiger partial charge in [0, 0.05) is 30.6 Å². The van der Waals surface area contributed by atoms with Crippen LogP contribution >= 0.6 is 0 Å². The number of aromatic nitrogens is 2.